The molecule has 0 atom stereocenters. The fourth-order valence-electron chi connectivity index (χ4n) is 1.68. The van der Waals surface area contributed by atoms with Gasteiger partial charge in [0.25, 0.3) is 0 Å². The van der Waals surface area contributed by atoms with Crippen molar-refractivity contribution in [1.82, 2.24) is 9.78 Å². The number of halogens is 1. The predicted octanol–water partition coefficient (Wildman–Crippen LogP) is 1.99. The monoisotopic (exact) mass is 248 g/mol. The maximum absolute atomic E-state index is 13.9. The van der Waals surface area contributed by atoms with E-state index in [-0.39, 0.29) is 18.0 Å². The molecule has 0 aliphatic rings. The van der Waals surface area contributed by atoms with Gasteiger partial charge in [-0.05, 0) is 17.7 Å². The van der Waals surface area contributed by atoms with Gasteiger partial charge in [-0.2, -0.15) is 5.10 Å². The second-order valence-corrected chi connectivity index (χ2v) is 3.91. The zero-order chi connectivity index (χ0) is 13.1. The molecule has 0 bridgehead atoms. The average molecular weight is 248 g/mol. The standard InChI is InChI=1S/C13H13FN2O2/c1-16-7-6-10(15-16)11(17)8-9-4-3-5-12(18-2)13(9)14/h3-7H,8H2,1-2H3. The lowest BCUT2D eigenvalue weighted by Crippen LogP contribution is -2.07. The van der Waals surface area contributed by atoms with Gasteiger partial charge >= 0.3 is 0 Å². The van der Waals surface area contributed by atoms with Crippen molar-refractivity contribution < 1.29 is 13.9 Å². The van der Waals surface area contributed by atoms with E-state index in [2.05, 4.69) is 5.10 Å². The molecule has 0 saturated heterocycles. The van der Waals surface area contributed by atoms with E-state index in [9.17, 15) is 9.18 Å². The summed E-state index contributed by atoms with van der Waals surface area (Å²) in [6, 6.07) is 6.35. The van der Waals surface area contributed by atoms with Crippen molar-refractivity contribution in [3.05, 3.63) is 47.5 Å². The fourth-order valence-corrected chi connectivity index (χ4v) is 1.68. The first-order chi connectivity index (χ1) is 8.61. The average Bonchev–Trinajstić information content (AvgIpc) is 2.78. The molecular formula is C13H13FN2O2. The highest BCUT2D eigenvalue weighted by Gasteiger charge is 2.15. The quantitative estimate of drug-likeness (QED) is 0.777. The maximum Gasteiger partial charge on any atom is 0.187 e. The number of hydrogen-bond donors (Lipinski definition) is 0. The predicted molar refractivity (Wildman–Crippen MR) is 64.2 cm³/mol. The molecule has 0 spiro atoms. The molecule has 18 heavy (non-hydrogen) atoms. The Balaban J connectivity index is 2.22. The van der Waals surface area contributed by atoms with Crippen LogP contribution in [0, 0.1) is 5.82 Å². The van der Waals surface area contributed by atoms with E-state index in [1.807, 2.05) is 0 Å². The summed E-state index contributed by atoms with van der Waals surface area (Å²) in [5, 5.41) is 3.99. The first kappa shape index (κ1) is 12.3. The van der Waals surface area contributed by atoms with Gasteiger partial charge in [-0.3, -0.25) is 9.48 Å². The summed E-state index contributed by atoms with van der Waals surface area (Å²) >= 11 is 0. The highest BCUT2D eigenvalue weighted by atomic mass is 19.1. The first-order valence-electron chi connectivity index (χ1n) is 5.46. The van der Waals surface area contributed by atoms with Crippen LogP contribution in [0.4, 0.5) is 4.39 Å². The Morgan fingerprint density at radius 3 is 2.83 bits per heavy atom. The molecule has 4 nitrogen and oxygen atoms in total. The van der Waals surface area contributed by atoms with E-state index in [1.165, 1.54) is 17.9 Å². The smallest absolute Gasteiger partial charge is 0.187 e. The van der Waals surface area contributed by atoms with Crippen LogP contribution in [0.5, 0.6) is 5.75 Å². The van der Waals surface area contributed by atoms with Gasteiger partial charge in [0.1, 0.15) is 5.69 Å². The number of nitrogens with zero attached hydrogens (tertiary/aromatic N) is 2. The van der Waals surface area contributed by atoms with Crippen LogP contribution in [-0.4, -0.2) is 22.7 Å². The number of methoxy groups -OCH3 is 1. The topological polar surface area (TPSA) is 44.1 Å². The SMILES string of the molecule is COc1cccc(CC(=O)c2ccn(C)n2)c1F. The minimum absolute atomic E-state index is 0.0277. The van der Waals surface area contributed by atoms with Gasteiger partial charge in [0.15, 0.2) is 17.3 Å². The molecule has 94 valence electrons. The number of carbonyl (C=O) groups excluding carboxylic acids is 1. The van der Waals surface area contributed by atoms with Gasteiger partial charge in [0.05, 0.1) is 7.11 Å². The molecular weight excluding hydrogens is 235 g/mol. The molecule has 0 N–H and O–H groups in total. The van der Waals surface area contributed by atoms with Gasteiger partial charge in [-0.25, -0.2) is 4.39 Å². The molecule has 0 aliphatic heterocycles. The Hall–Kier alpha value is -2.17. The first-order valence-corrected chi connectivity index (χ1v) is 5.46. The van der Waals surface area contributed by atoms with Crippen molar-refractivity contribution in [1.29, 1.82) is 0 Å². The van der Waals surface area contributed by atoms with E-state index in [0.29, 0.717) is 11.3 Å². The molecule has 1 aromatic heterocycles. The molecule has 0 fully saturated rings. The normalized spacial score (nSPS) is 10.4. The largest absolute Gasteiger partial charge is 0.494 e. The number of rotatable bonds is 4. The fraction of sp³-hybridized carbons (Fsp3) is 0.231. The number of hydrogen-bond acceptors (Lipinski definition) is 3. The molecule has 5 heteroatoms. The second-order valence-electron chi connectivity index (χ2n) is 3.91. The summed E-state index contributed by atoms with van der Waals surface area (Å²) < 4.78 is 20.3. The minimum atomic E-state index is -0.496. The molecule has 2 aromatic rings. The third-order valence-electron chi connectivity index (χ3n) is 2.61. The van der Waals surface area contributed by atoms with Crippen molar-refractivity contribution >= 4 is 5.78 Å². The lowest BCUT2D eigenvalue weighted by atomic mass is 10.1. The Morgan fingerprint density at radius 1 is 1.44 bits per heavy atom. The number of ether oxygens (including phenoxy) is 1. The van der Waals surface area contributed by atoms with Gasteiger partial charge in [0.2, 0.25) is 0 Å². The van der Waals surface area contributed by atoms with Crippen LogP contribution in [0.3, 0.4) is 0 Å². The summed E-state index contributed by atoms with van der Waals surface area (Å²) in [4.78, 5) is 11.9. The molecule has 0 saturated carbocycles. The highest BCUT2D eigenvalue weighted by Crippen LogP contribution is 2.21. The van der Waals surface area contributed by atoms with Crippen molar-refractivity contribution in [2.75, 3.05) is 7.11 Å². The lowest BCUT2D eigenvalue weighted by molar-refractivity contribution is 0.0986. The Morgan fingerprint density at radius 2 is 2.22 bits per heavy atom. The molecule has 1 aromatic carbocycles. The van der Waals surface area contributed by atoms with Crippen LogP contribution in [0.15, 0.2) is 30.5 Å². The van der Waals surface area contributed by atoms with Gasteiger partial charge < -0.3 is 4.74 Å². The maximum atomic E-state index is 13.9. The number of aromatic nitrogens is 2. The van der Waals surface area contributed by atoms with Crippen molar-refractivity contribution in [2.45, 2.75) is 6.42 Å². The van der Waals surface area contributed by atoms with Crippen molar-refractivity contribution in [3.63, 3.8) is 0 Å². The zero-order valence-corrected chi connectivity index (χ0v) is 10.2. The van der Waals surface area contributed by atoms with Crippen LogP contribution < -0.4 is 4.74 Å². The third kappa shape index (κ3) is 2.40. The van der Waals surface area contributed by atoms with Crippen molar-refractivity contribution in [2.24, 2.45) is 7.05 Å². The molecule has 0 unspecified atom stereocenters. The highest BCUT2D eigenvalue weighted by molar-refractivity contribution is 5.95. The summed E-state index contributed by atoms with van der Waals surface area (Å²) in [5.74, 6) is -0.576. The molecule has 1 heterocycles. The third-order valence-corrected chi connectivity index (χ3v) is 2.61. The number of ketones is 1. The van der Waals surface area contributed by atoms with Crippen LogP contribution in [0.2, 0.25) is 0 Å². The minimum Gasteiger partial charge on any atom is -0.494 e. The van der Waals surface area contributed by atoms with Crippen LogP contribution in [-0.2, 0) is 13.5 Å². The summed E-state index contributed by atoms with van der Waals surface area (Å²) in [7, 11) is 3.12. The zero-order valence-electron chi connectivity index (χ0n) is 10.2. The summed E-state index contributed by atoms with van der Waals surface area (Å²) in [5.41, 5.74) is 0.643. The van der Waals surface area contributed by atoms with E-state index >= 15 is 0 Å². The molecule has 0 amide bonds. The van der Waals surface area contributed by atoms with E-state index < -0.39 is 5.82 Å². The van der Waals surface area contributed by atoms with Crippen molar-refractivity contribution in [3.8, 4) is 5.75 Å². The number of Topliss-reactive ketones (excluding diaryl/α,β-unsaturated/α-hetero) is 1. The van der Waals surface area contributed by atoms with Gasteiger partial charge in [0, 0.05) is 19.7 Å². The van der Waals surface area contributed by atoms with Crippen LogP contribution in [0.1, 0.15) is 16.1 Å². The second kappa shape index (κ2) is 5.00. The van der Waals surface area contributed by atoms with Crippen LogP contribution in [0.25, 0.3) is 0 Å². The summed E-state index contributed by atoms with van der Waals surface area (Å²) in [6.07, 6.45) is 1.65. The van der Waals surface area contributed by atoms with Gasteiger partial charge in [-0.1, -0.05) is 12.1 Å². The molecule has 0 radical (unpaired) electrons. The Labute approximate surface area is 104 Å². The van der Waals surface area contributed by atoms with Gasteiger partial charge in [-0.15, -0.1) is 0 Å². The van der Waals surface area contributed by atoms with E-state index in [1.54, 1.807) is 31.4 Å². The Kier molecular flexibility index (Phi) is 3.41. The van der Waals surface area contributed by atoms with Crippen LogP contribution >= 0.6 is 0 Å². The number of benzene rings is 1. The lowest BCUT2D eigenvalue weighted by Gasteiger charge is -2.05. The summed E-state index contributed by atoms with van der Waals surface area (Å²) in [6.45, 7) is 0. The Bertz CT molecular complexity index is 578. The molecule has 0 aliphatic carbocycles. The van der Waals surface area contributed by atoms with E-state index in [0.717, 1.165) is 0 Å². The number of carbonyl (C=O) groups is 1. The molecule has 2 rings (SSSR count). The number of aryl methyl sites for hydroxylation is 1. The van der Waals surface area contributed by atoms with E-state index in [4.69, 9.17) is 4.74 Å².